The quantitative estimate of drug-likeness (QED) is 0.229. The van der Waals surface area contributed by atoms with Crippen LogP contribution in [0.15, 0.2) is 0 Å². The lowest BCUT2D eigenvalue weighted by molar-refractivity contribution is -0.644. The minimum Gasteiger partial charge on any atom is -0.311 e. The minimum atomic E-state index is -2.42. The molecule has 0 radical (unpaired) electrons. The lowest BCUT2D eigenvalue weighted by atomic mass is 10.8. The van der Waals surface area contributed by atoms with Crippen LogP contribution in [0.3, 0.4) is 0 Å². The van der Waals surface area contributed by atoms with E-state index in [9.17, 15) is 0 Å². The maximum Gasteiger partial charge on any atom is 0.402 e. The number of hydrogen-bond acceptors (Lipinski definition) is 10. The average molecular weight is 244 g/mol. The van der Waals surface area contributed by atoms with Crippen LogP contribution in [0.25, 0.3) is 0 Å². The van der Waals surface area contributed by atoms with Crippen LogP contribution in [0.1, 0.15) is 13.8 Å². The fourth-order valence-electron chi connectivity index (χ4n) is 0.650. The normalized spacial score (nSPS) is 19.1. The molecule has 0 aliphatic heterocycles. The van der Waals surface area contributed by atoms with Gasteiger partial charge in [0.15, 0.2) is 0 Å². The van der Waals surface area contributed by atoms with Crippen LogP contribution >= 0.6 is 0 Å². The highest BCUT2D eigenvalue weighted by molar-refractivity contribution is 4.39. The van der Waals surface area contributed by atoms with Crippen LogP contribution in [0.4, 0.5) is 0 Å². The van der Waals surface area contributed by atoms with Crippen molar-refractivity contribution in [1.82, 2.24) is 0 Å². The molecule has 2 atom stereocenters. The summed E-state index contributed by atoms with van der Waals surface area (Å²) in [5.74, 6) is 0. The summed E-state index contributed by atoms with van der Waals surface area (Å²) in [6, 6.07) is 0. The number of ether oxygens (including phenoxy) is 2. The summed E-state index contributed by atoms with van der Waals surface area (Å²) in [6.07, 6.45) is -4.84. The van der Waals surface area contributed by atoms with E-state index in [1.807, 2.05) is 0 Å². The Morgan fingerprint density at radius 3 is 1.38 bits per heavy atom. The summed E-state index contributed by atoms with van der Waals surface area (Å²) in [5, 5.41) is 16.8. The molecular formula is C6H16N2O8. The predicted molar refractivity (Wildman–Crippen MR) is 46.7 cm³/mol. The molecule has 98 valence electrons. The smallest absolute Gasteiger partial charge is 0.311 e. The zero-order valence-corrected chi connectivity index (χ0v) is 8.91. The number of nitrogens with two attached hydrogens (primary N) is 2. The summed E-state index contributed by atoms with van der Waals surface area (Å²) in [4.78, 5) is 15.9. The Kier molecular flexibility index (Phi) is 6.85. The first kappa shape index (κ1) is 15.6. The molecule has 0 fully saturated rings. The Morgan fingerprint density at radius 2 is 1.19 bits per heavy atom. The lowest BCUT2D eigenvalue weighted by Gasteiger charge is -2.28. The van der Waals surface area contributed by atoms with Gasteiger partial charge in [-0.1, -0.05) is 0 Å². The molecule has 0 bridgehead atoms. The van der Waals surface area contributed by atoms with Crippen LogP contribution in [0.5, 0.6) is 0 Å². The summed E-state index contributed by atoms with van der Waals surface area (Å²) in [7, 11) is 0. The van der Waals surface area contributed by atoms with Gasteiger partial charge in [0.05, 0.1) is 13.2 Å². The van der Waals surface area contributed by atoms with Gasteiger partial charge in [-0.15, -0.1) is 9.78 Å². The van der Waals surface area contributed by atoms with Gasteiger partial charge in [-0.3, -0.25) is 0 Å². The third-order valence-electron chi connectivity index (χ3n) is 1.22. The molecule has 0 rings (SSSR count). The van der Waals surface area contributed by atoms with E-state index in [1.54, 1.807) is 13.8 Å². The van der Waals surface area contributed by atoms with Gasteiger partial charge in [-0.05, 0) is 13.8 Å². The largest absolute Gasteiger partial charge is 0.402 e. The van der Waals surface area contributed by atoms with Gasteiger partial charge in [0, 0.05) is 0 Å². The second kappa shape index (κ2) is 7.03. The molecule has 0 heterocycles. The molecule has 0 saturated heterocycles. The highest BCUT2D eigenvalue weighted by atomic mass is 17.4. The first-order chi connectivity index (χ1) is 7.45. The topological polar surface area (TPSA) is 148 Å². The van der Waals surface area contributed by atoms with Crippen LogP contribution < -0.4 is 11.5 Å². The van der Waals surface area contributed by atoms with Gasteiger partial charge in [-0.25, -0.2) is 22.0 Å². The van der Waals surface area contributed by atoms with Crippen molar-refractivity contribution >= 4 is 0 Å². The highest BCUT2D eigenvalue weighted by Crippen LogP contribution is 2.13. The molecule has 0 aromatic heterocycles. The highest BCUT2D eigenvalue weighted by Gasteiger charge is 2.38. The van der Waals surface area contributed by atoms with E-state index in [-0.39, 0.29) is 13.2 Å². The van der Waals surface area contributed by atoms with E-state index in [0.29, 0.717) is 0 Å². The molecule has 10 nitrogen and oxygen atoms in total. The second-order valence-electron chi connectivity index (χ2n) is 2.42. The van der Waals surface area contributed by atoms with Crippen molar-refractivity contribution in [3.05, 3.63) is 0 Å². The predicted octanol–water partition coefficient (Wildman–Crippen LogP) is -0.873. The molecular weight excluding hydrogens is 228 g/mol. The standard InChI is InChI=1S/C6H16N2O8/c1-3-11-5(7,13-9)15-16-6(8,14-10)12-4-2/h9-10H,3-4,7-8H2,1-2H3. The first-order valence-corrected chi connectivity index (χ1v) is 4.33. The molecule has 16 heavy (non-hydrogen) atoms. The average Bonchev–Trinajstić information content (AvgIpc) is 2.27. The van der Waals surface area contributed by atoms with E-state index in [2.05, 4.69) is 29.0 Å². The molecule has 10 heteroatoms. The zero-order chi connectivity index (χ0) is 12.7. The molecule has 0 aliphatic rings. The number of rotatable bonds is 9. The van der Waals surface area contributed by atoms with Crippen molar-refractivity contribution < 1.29 is 39.5 Å². The summed E-state index contributed by atoms with van der Waals surface area (Å²) in [6.45, 7) is 3.16. The van der Waals surface area contributed by atoms with Crippen molar-refractivity contribution in [1.29, 1.82) is 0 Å². The summed E-state index contributed by atoms with van der Waals surface area (Å²) >= 11 is 0. The Bertz CT molecular complexity index is 175. The monoisotopic (exact) mass is 244 g/mol. The van der Waals surface area contributed by atoms with Gasteiger partial charge in [-0.2, -0.15) is 9.78 Å². The van der Waals surface area contributed by atoms with Crippen molar-refractivity contribution in [2.45, 2.75) is 26.0 Å². The van der Waals surface area contributed by atoms with Gasteiger partial charge in [0.25, 0.3) is 0 Å². The van der Waals surface area contributed by atoms with E-state index in [0.717, 1.165) is 0 Å². The maximum absolute atomic E-state index is 8.38. The van der Waals surface area contributed by atoms with Crippen LogP contribution in [0, 0.1) is 0 Å². The van der Waals surface area contributed by atoms with Crippen LogP contribution in [-0.4, -0.2) is 35.9 Å². The molecule has 0 amide bonds. The zero-order valence-electron chi connectivity index (χ0n) is 8.91. The van der Waals surface area contributed by atoms with E-state index >= 15 is 0 Å². The van der Waals surface area contributed by atoms with E-state index < -0.39 is 12.2 Å². The molecule has 0 saturated carbocycles. The molecule has 2 unspecified atom stereocenters. The van der Waals surface area contributed by atoms with Crippen molar-refractivity contribution in [2.75, 3.05) is 13.2 Å². The molecule has 0 spiro atoms. The summed E-state index contributed by atoms with van der Waals surface area (Å²) in [5.41, 5.74) is 10.4. The van der Waals surface area contributed by atoms with Crippen molar-refractivity contribution in [3.63, 3.8) is 0 Å². The van der Waals surface area contributed by atoms with Crippen LogP contribution in [0.2, 0.25) is 0 Å². The van der Waals surface area contributed by atoms with Gasteiger partial charge >= 0.3 is 12.2 Å². The Balaban J connectivity index is 4.26. The summed E-state index contributed by atoms with van der Waals surface area (Å²) < 4.78 is 9.21. The molecule has 6 N–H and O–H groups in total. The third kappa shape index (κ3) is 5.09. The van der Waals surface area contributed by atoms with E-state index in [4.69, 9.17) is 22.0 Å². The molecule has 0 aromatic carbocycles. The fourth-order valence-corrected chi connectivity index (χ4v) is 0.650. The number of hydrogen-bond donors (Lipinski definition) is 4. The SMILES string of the molecule is CCOC(N)(OO)OOC(N)(OO)OCC. The Labute approximate surface area is 91.3 Å². The second-order valence-corrected chi connectivity index (χ2v) is 2.42. The fraction of sp³-hybridized carbons (Fsp3) is 1.00. The molecule has 0 aliphatic carbocycles. The maximum atomic E-state index is 8.38. The van der Waals surface area contributed by atoms with Gasteiger partial charge in [0.2, 0.25) is 0 Å². The lowest BCUT2D eigenvalue weighted by Crippen LogP contribution is -2.54. The van der Waals surface area contributed by atoms with Crippen molar-refractivity contribution in [2.24, 2.45) is 11.5 Å². The third-order valence-corrected chi connectivity index (χ3v) is 1.22. The van der Waals surface area contributed by atoms with Gasteiger partial charge in [0.1, 0.15) is 0 Å². The van der Waals surface area contributed by atoms with E-state index in [1.165, 1.54) is 0 Å². The molecule has 0 aromatic rings. The minimum absolute atomic E-state index is 0.0343. The Morgan fingerprint density at radius 1 is 0.875 bits per heavy atom. The Hall–Kier alpha value is -0.400. The first-order valence-electron chi connectivity index (χ1n) is 4.33. The van der Waals surface area contributed by atoms with Crippen molar-refractivity contribution in [3.8, 4) is 0 Å². The van der Waals surface area contributed by atoms with Gasteiger partial charge < -0.3 is 9.47 Å². The van der Waals surface area contributed by atoms with Crippen LogP contribution in [-0.2, 0) is 29.0 Å².